The van der Waals surface area contributed by atoms with Gasteiger partial charge in [0.25, 0.3) is 0 Å². The molecule has 3 nitrogen and oxygen atoms in total. The van der Waals surface area contributed by atoms with Gasteiger partial charge in [-0.3, -0.25) is 4.79 Å². The molecule has 0 saturated carbocycles. The molecule has 1 atom stereocenters. The molecule has 1 N–H and O–H groups in total. The number of aliphatic hydroxyl groups excluding tert-OH is 1. The molecule has 0 amide bonds. The van der Waals surface area contributed by atoms with E-state index in [-0.39, 0.29) is 19.0 Å². The summed E-state index contributed by atoms with van der Waals surface area (Å²) in [6.45, 7) is 1.69. The number of methoxy groups -OCH3 is 1. The van der Waals surface area contributed by atoms with Gasteiger partial charge in [-0.15, -0.1) is 0 Å². The van der Waals surface area contributed by atoms with Gasteiger partial charge in [0.05, 0.1) is 20.1 Å². The van der Waals surface area contributed by atoms with Gasteiger partial charge in [0.1, 0.15) is 0 Å². The van der Waals surface area contributed by atoms with Crippen molar-refractivity contribution in [3.8, 4) is 0 Å². The van der Waals surface area contributed by atoms with Crippen LogP contribution in [-0.2, 0) is 14.9 Å². The zero-order valence-corrected chi connectivity index (χ0v) is 10.1. The van der Waals surface area contributed by atoms with Gasteiger partial charge in [0, 0.05) is 10.4 Å². The second-order valence-corrected chi connectivity index (χ2v) is 4.42. The van der Waals surface area contributed by atoms with E-state index in [1.165, 1.54) is 7.11 Å². The van der Waals surface area contributed by atoms with E-state index in [0.29, 0.717) is 5.02 Å². The van der Waals surface area contributed by atoms with E-state index in [4.69, 9.17) is 11.6 Å². The number of aliphatic hydroxyl groups is 1. The molecule has 0 spiro atoms. The first-order chi connectivity index (χ1) is 7.51. The van der Waals surface area contributed by atoms with E-state index in [9.17, 15) is 9.90 Å². The molecule has 0 saturated heterocycles. The minimum absolute atomic E-state index is 0.121. The van der Waals surface area contributed by atoms with Crippen molar-refractivity contribution in [2.24, 2.45) is 0 Å². The number of carbonyl (C=O) groups is 1. The van der Waals surface area contributed by atoms with Gasteiger partial charge in [-0.2, -0.15) is 0 Å². The van der Waals surface area contributed by atoms with Crippen molar-refractivity contribution in [3.05, 3.63) is 34.9 Å². The van der Waals surface area contributed by atoms with Crippen LogP contribution in [0.4, 0.5) is 0 Å². The van der Waals surface area contributed by atoms with Crippen LogP contribution in [0.3, 0.4) is 0 Å². The van der Waals surface area contributed by atoms with Crippen molar-refractivity contribution < 1.29 is 14.6 Å². The number of halogens is 1. The fraction of sp³-hybridized carbons (Fsp3) is 0.417. The maximum absolute atomic E-state index is 11.3. The molecule has 1 unspecified atom stereocenters. The van der Waals surface area contributed by atoms with Crippen molar-refractivity contribution >= 4 is 17.6 Å². The Balaban J connectivity index is 2.95. The summed E-state index contributed by atoms with van der Waals surface area (Å²) in [4.78, 5) is 11.3. The molecule has 1 aromatic carbocycles. The normalized spacial score (nSPS) is 14.2. The molecule has 0 aliphatic rings. The lowest BCUT2D eigenvalue weighted by molar-refractivity contribution is -0.142. The smallest absolute Gasteiger partial charge is 0.306 e. The average molecular weight is 243 g/mol. The third-order valence-electron chi connectivity index (χ3n) is 2.65. The van der Waals surface area contributed by atoms with Gasteiger partial charge in [0.2, 0.25) is 0 Å². The Bertz CT molecular complexity index is 361. The van der Waals surface area contributed by atoms with Crippen LogP contribution in [0.25, 0.3) is 0 Å². The number of benzene rings is 1. The Kier molecular flexibility index (Phi) is 4.33. The maximum atomic E-state index is 11.3. The van der Waals surface area contributed by atoms with E-state index in [1.54, 1.807) is 12.1 Å². The zero-order chi connectivity index (χ0) is 12.2. The summed E-state index contributed by atoms with van der Waals surface area (Å²) in [7, 11) is 1.34. The van der Waals surface area contributed by atoms with Crippen molar-refractivity contribution in [1.29, 1.82) is 0 Å². The number of rotatable bonds is 4. The highest BCUT2D eigenvalue weighted by atomic mass is 35.5. The molecule has 0 aliphatic heterocycles. The largest absolute Gasteiger partial charge is 0.469 e. The molecule has 1 rings (SSSR count). The molecule has 16 heavy (non-hydrogen) atoms. The van der Waals surface area contributed by atoms with E-state index in [0.717, 1.165) is 5.56 Å². The molecular weight excluding hydrogens is 228 g/mol. The molecule has 1 aromatic rings. The third-order valence-corrected chi connectivity index (χ3v) is 2.90. The molecule has 4 heteroatoms. The van der Waals surface area contributed by atoms with Crippen molar-refractivity contribution in [2.45, 2.75) is 18.8 Å². The minimum Gasteiger partial charge on any atom is -0.469 e. The lowest BCUT2D eigenvalue weighted by Crippen LogP contribution is -2.30. The lowest BCUT2D eigenvalue weighted by Gasteiger charge is -2.26. The maximum Gasteiger partial charge on any atom is 0.306 e. The molecular formula is C12H15ClO3. The number of carbonyl (C=O) groups excluding carboxylic acids is 1. The van der Waals surface area contributed by atoms with Crippen LogP contribution in [-0.4, -0.2) is 24.8 Å². The average Bonchev–Trinajstić information content (AvgIpc) is 2.29. The van der Waals surface area contributed by atoms with Crippen LogP contribution in [0.15, 0.2) is 24.3 Å². The molecule has 0 bridgehead atoms. The summed E-state index contributed by atoms with van der Waals surface area (Å²) in [5, 5.41) is 10.0. The predicted molar refractivity (Wildman–Crippen MR) is 62.5 cm³/mol. The van der Waals surface area contributed by atoms with E-state index in [2.05, 4.69) is 4.74 Å². The van der Waals surface area contributed by atoms with Crippen molar-refractivity contribution in [3.63, 3.8) is 0 Å². The Morgan fingerprint density at radius 2 is 2.00 bits per heavy atom. The first-order valence-corrected chi connectivity index (χ1v) is 5.33. The van der Waals surface area contributed by atoms with Gasteiger partial charge in [-0.05, 0) is 17.7 Å². The molecule has 0 radical (unpaired) electrons. The van der Waals surface area contributed by atoms with Crippen LogP contribution in [0.5, 0.6) is 0 Å². The van der Waals surface area contributed by atoms with Crippen LogP contribution < -0.4 is 0 Å². The quantitative estimate of drug-likeness (QED) is 0.823. The molecule has 0 aliphatic carbocycles. The summed E-state index contributed by atoms with van der Waals surface area (Å²) >= 11 is 5.78. The SMILES string of the molecule is COC(=O)CC(C)(CO)c1ccc(Cl)cc1. The monoisotopic (exact) mass is 242 g/mol. The number of esters is 1. The van der Waals surface area contributed by atoms with Gasteiger partial charge in [-0.25, -0.2) is 0 Å². The van der Waals surface area contributed by atoms with Crippen LogP contribution in [0.2, 0.25) is 5.02 Å². The van der Waals surface area contributed by atoms with Gasteiger partial charge < -0.3 is 9.84 Å². The fourth-order valence-corrected chi connectivity index (χ4v) is 1.62. The third kappa shape index (κ3) is 2.97. The second-order valence-electron chi connectivity index (χ2n) is 3.98. The van der Waals surface area contributed by atoms with E-state index in [1.807, 2.05) is 19.1 Å². The highest BCUT2D eigenvalue weighted by Crippen LogP contribution is 2.28. The summed E-state index contributed by atoms with van der Waals surface area (Å²) in [6.07, 6.45) is 0.141. The van der Waals surface area contributed by atoms with Crippen LogP contribution in [0.1, 0.15) is 18.9 Å². The van der Waals surface area contributed by atoms with Crippen molar-refractivity contribution in [2.75, 3.05) is 13.7 Å². The number of ether oxygens (including phenoxy) is 1. The first-order valence-electron chi connectivity index (χ1n) is 4.95. The topological polar surface area (TPSA) is 46.5 Å². The Morgan fingerprint density at radius 3 is 2.44 bits per heavy atom. The van der Waals surface area contributed by atoms with Crippen LogP contribution in [0, 0.1) is 0 Å². The first kappa shape index (κ1) is 13.0. The summed E-state index contributed by atoms with van der Waals surface area (Å²) in [5.41, 5.74) is 0.238. The van der Waals surface area contributed by atoms with Gasteiger partial charge >= 0.3 is 5.97 Å². The van der Waals surface area contributed by atoms with Crippen molar-refractivity contribution in [1.82, 2.24) is 0 Å². The van der Waals surface area contributed by atoms with E-state index >= 15 is 0 Å². The highest BCUT2D eigenvalue weighted by Gasteiger charge is 2.29. The Morgan fingerprint density at radius 1 is 1.44 bits per heavy atom. The molecule has 0 aromatic heterocycles. The summed E-state index contributed by atoms with van der Waals surface area (Å²) < 4.78 is 4.62. The van der Waals surface area contributed by atoms with Crippen LogP contribution >= 0.6 is 11.6 Å². The molecule has 0 heterocycles. The van der Waals surface area contributed by atoms with Gasteiger partial charge in [0.15, 0.2) is 0 Å². The summed E-state index contributed by atoms with van der Waals surface area (Å²) in [5.74, 6) is -0.341. The molecule has 0 fully saturated rings. The molecule has 88 valence electrons. The van der Waals surface area contributed by atoms with Gasteiger partial charge in [-0.1, -0.05) is 30.7 Å². The second kappa shape index (κ2) is 5.32. The standard InChI is InChI=1S/C12H15ClO3/c1-12(8-14,7-11(15)16-2)9-3-5-10(13)6-4-9/h3-6,14H,7-8H2,1-2H3. The lowest BCUT2D eigenvalue weighted by atomic mass is 9.80. The Hall–Kier alpha value is -1.06. The fourth-order valence-electron chi connectivity index (χ4n) is 1.49. The van der Waals surface area contributed by atoms with E-state index < -0.39 is 5.41 Å². The number of hydrogen-bond acceptors (Lipinski definition) is 3. The predicted octanol–water partition coefficient (Wildman–Crippen LogP) is 2.15. The Labute approximate surface area is 100.0 Å². The summed E-state index contributed by atoms with van der Waals surface area (Å²) in [6, 6.07) is 7.09. The minimum atomic E-state index is -0.627. The highest BCUT2D eigenvalue weighted by molar-refractivity contribution is 6.30. The zero-order valence-electron chi connectivity index (χ0n) is 9.37. The number of hydrogen-bond donors (Lipinski definition) is 1.